The molecule has 0 radical (unpaired) electrons. The molecular formula is C16H14N2O6. The Labute approximate surface area is 136 Å². The molecule has 0 spiro atoms. The third-order valence-electron chi connectivity index (χ3n) is 2.86. The summed E-state index contributed by atoms with van der Waals surface area (Å²) in [6.07, 6.45) is 1.17. The summed E-state index contributed by atoms with van der Waals surface area (Å²) in [6.45, 7) is 1.72. The lowest BCUT2D eigenvalue weighted by Crippen LogP contribution is -2.28. The van der Waals surface area contributed by atoms with Crippen molar-refractivity contribution >= 4 is 23.8 Å². The van der Waals surface area contributed by atoms with Gasteiger partial charge in [-0.05, 0) is 25.1 Å². The van der Waals surface area contributed by atoms with Gasteiger partial charge in [0.1, 0.15) is 16.4 Å². The van der Waals surface area contributed by atoms with Gasteiger partial charge >= 0.3 is 11.9 Å². The molecule has 0 fully saturated rings. The summed E-state index contributed by atoms with van der Waals surface area (Å²) in [5, 5.41) is 13.1. The first-order chi connectivity index (χ1) is 11.5. The van der Waals surface area contributed by atoms with Crippen molar-refractivity contribution in [2.75, 3.05) is 6.61 Å². The molecule has 1 aromatic heterocycles. The molecule has 2 aromatic rings. The van der Waals surface area contributed by atoms with Crippen LogP contribution in [0.15, 0.2) is 52.6 Å². The normalized spacial score (nSPS) is 11.0. The van der Waals surface area contributed by atoms with E-state index >= 15 is 0 Å². The maximum Gasteiger partial charge on any atom is 0.433 e. The van der Waals surface area contributed by atoms with Gasteiger partial charge in [-0.3, -0.25) is 14.9 Å². The van der Waals surface area contributed by atoms with Gasteiger partial charge in [0.25, 0.3) is 5.91 Å². The van der Waals surface area contributed by atoms with Crippen LogP contribution in [0.5, 0.6) is 0 Å². The van der Waals surface area contributed by atoms with Crippen molar-refractivity contribution in [1.82, 2.24) is 5.32 Å². The first-order valence-electron chi connectivity index (χ1n) is 7.00. The zero-order chi connectivity index (χ0) is 17.5. The highest BCUT2D eigenvalue weighted by Crippen LogP contribution is 2.18. The van der Waals surface area contributed by atoms with Crippen molar-refractivity contribution < 1.29 is 23.7 Å². The zero-order valence-corrected chi connectivity index (χ0v) is 12.7. The van der Waals surface area contributed by atoms with Gasteiger partial charge in [-0.2, -0.15) is 0 Å². The summed E-state index contributed by atoms with van der Waals surface area (Å²) < 4.78 is 9.83. The fourth-order valence-electron chi connectivity index (χ4n) is 1.80. The predicted molar refractivity (Wildman–Crippen MR) is 83.9 cm³/mol. The molecule has 0 aliphatic heterocycles. The first-order valence-corrected chi connectivity index (χ1v) is 7.00. The van der Waals surface area contributed by atoms with Gasteiger partial charge in [-0.25, -0.2) is 4.79 Å². The Kier molecular flexibility index (Phi) is 5.45. The second-order valence-corrected chi connectivity index (χ2v) is 4.53. The zero-order valence-electron chi connectivity index (χ0n) is 12.7. The number of nitro groups is 1. The van der Waals surface area contributed by atoms with Crippen molar-refractivity contribution in [2.45, 2.75) is 6.92 Å². The van der Waals surface area contributed by atoms with E-state index in [2.05, 4.69) is 5.32 Å². The molecule has 0 atom stereocenters. The van der Waals surface area contributed by atoms with Crippen LogP contribution in [0.3, 0.4) is 0 Å². The van der Waals surface area contributed by atoms with Crippen LogP contribution in [0.25, 0.3) is 6.08 Å². The van der Waals surface area contributed by atoms with Crippen LogP contribution in [-0.2, 0) is 9.53 Å². The van der Waals surface area contributed by atoms with Gasteiger partial charge in [0, 0.05) is 11.6 Å². The van der Waals surface area contributed by atoms with Gasteiger partial charge in [-0.15, -0.1) is 0 Å². The Morgan fingerprint density at radius 3 is 2.54 bits per heavy atom. The summed E-state index contributed by atoms with van der Waals surface area (Å²) in [5.74, 6) is -1.73. The third kappa shape index (κ3) is 4.29. The van der Waals surface area contributed by atoms with E-state index in [0.717, 1.165) is 6.07 Å². The lowest BCUT2D eigenvalue weighted by molar-refractivity contribution is -0.402. The van der Waals surface area contributed by atoms with Crippen LogP contribution in [0.2, 0.25) is 0 Å². The van der Waals surface area contributed by atoms with Gasteiger partial charge in [0.05, 0.1) is 12.7 Å². The van der Waals surface area contributed by atoms with E-state index in [1.807, 2.05) is 0 Å². The van der Waals surface area contributed by atoms with E-state index < -0.39 is 22.7 Å². The fourth-order valence-corrected chi connectivity index (χ4v) is 1.80. The summed E-state index contributed by atoms with van der Waals surface area (Å²) in [6, 6.07) is 10.7. The number of nitrogens with one attached hydrogen (secondary N) is 1. The highest BCUT2D eigenvalue weighted by molar-refractivity contribution is 6.03. The molecule has 1 amide bonds. The molecule has 1 aromatic carbocycles. The maximum atomic E-state index is 12.2. The van der Waals surface area contributed by atoms with Crippen molar-refractivity contribution in [3.05, 3.63) is 69.6 Å². The molecule has 8 heteroatoms. The van der Waals surface area contributed by atoms with Crippen LogP contribution >= 0.6 is 0 Å². The third-order valence-corrected chi connectivity index (χ3v) is 2.86. The van der Waals surface area contributed by atoms with E-state index in [1.165, 1.54) is 12.1 Å². The minimum Gasteiger partial charge on any atom is -0.461 e. The van der Waals surface area contributed by atoms with Crippen LogP contribution in [0.1, 0.15) is 23.0 Å². The van der Waals surface area contributed by atoms with E-state index in [9.17, 15) is 19.7 Å². The number of furan rings is 1. The number of hydrogen-bond donors (Lipinski definition) is 1. The molecule has 0 bridgehead atoms. The number of carbonyl (C=O) groups excluding carboxylic acids is 2. The Morgan fingerprint density at radius 2 is 1.96 bits per heavy atom. The van der Waals surface area contributed by atoms with E-state index in [-0.39, 0.29) is 18.1 Å². The molecule has 24 heavy (non-hydrogen) atoms. The second kappa shape index (κ2) is 7.73. The second-order valence-electron chi connectivity index (χ2n) is 4.53. The summed E-state index contributed by atoms with van der Waals surface area (Å²) in [7, 11) is 0. The standard InChI is InChI=1S/C16H14N2O6/c1-2-23-16(20)13(10-12-8-9-14(24-12)18(21)22)17-15(19)11-6-4-3-5-7-11/h3-10H,2H2,1H3,(H,17,19)/b13-10+. The van der Waals surface area contributed by atoms with Gasteiger partial charge in [-0.1, -0.05) is 18.2 Å². The number of benzene rings is 1. The van der Waals surface area contributed by atoms with E-state index in [1.54, 1.807) is 37.3 Å². The minimum absolute atomic E-state index is 0.0399. The molecule has 2 rings (SSSR count). The first kappa shape index (κ1) is 16.9. The molecule has 0 saturated heterocycles. The predicted octanol–water partition coefficient (Wildman–Crippen LogP) is 2.52. The van der Waals surface area contributed by atoms with Crippen molar-refractivity contribution in [3.63, 3.8) is 0 Å². The molecule has 0 aliphatic rings. The Hall–Kier alpha value is -3.42. The number of amides is 1. The van der Waals surface area contributed by atoms with E-state index in [4.69, 9.17) is 9.15 Å². The van der Waals surface area contributed by atoms with Gasteiger partial charge in [0.2, 0.25) is 0 Å². The quantitative estimate of drug-likeness (QED) is 0.377. The maximum absolute atomic E-state index is 12.2. The molecule has 0 saturated carbocycles. The molecular weight excluding hydrogens is 316 g/mol. The monoisotopic (exact) mass is 330 g/mol. The Bertz CT molecular complexity index is 779. The Balaban J connectivity index is 2.27. The van der Waals surface area contributed by atoms with Crippen LogP contribution in [-0.4, -0.2) is 23.4 Å². The average molecular weight is 330 g/mol. The molecule has 0 aliphatic carbocycles. The SMILES string of the molecule is CCOC(=O)/C(=C\c1ccc([N+](=O)[O-])o1)NC(=O)c1ccccc1. The highest BCUT2D eigenvalue weighted by Gasteiger charge is 2.18. The van der Waals surface area contributed by atoms with Crippen molar-refractivity contribution in [1.29, 1.82) is 0 Å². The highest BCUT2D eigenvalue weighted by atomic mass is 16.6. The number of carbonyl (C=O) groups is 2. The lowest BCUT2D eigenvalue weighted by Gasteiger charge is -2.08. The minimum atomic E-state index is -0.777. The Morgan fingerprint density at radius 1 is 1.25 bits per heavy atom. The summed E-state index contributed by atoms with van der Waals surface area (Å²) in [4.78, 5) is 34.1. The summed E-state index contributed by atoms with van der Waals surface area (Å²) >= 11 is 0. The lowest BCUT2D eigenvalue weighted by atomic mass is 10.2. The number of nitrogens with zero attached hydrogens (tertiary/aromatic N) is 1. The topological polar surface area (TPSA) is 112 Å². The van der Waals surface area contributed by atoms with E-state index in [0.29, 0.717) is 5.56 Å². The number of ether oxygens (including phenoxy) is 1. The number of rotatable bonds is 6. The van der Waals surface area contributed by atoms with Crippen LogP contribution < -0.4 is 5.32 Å². The average Bonchev–Trinajstić information content (AvgIpc) is 3.04. The van der Waals surface area contributed by atoms with Gasteiger partial charge < -0.3 is 14.5 Å². The number of hydrogen-bond acceptors (Lipinski definition) is 6. The van der Waals surface area contributed by atoms with Crippen LogP contribution in [0, 0.1) is 10.1 Å². The molecule has 1 N–H and O–H groups in total. The largest absolute Gasteiger partial charge is 0.461 e. The molecule has 1 heterocycles. The summed E-state index contributed by atoms with van der Waals surface area (Å²) in [5.41, 5.74) is 0.160. The molecule has 0 unspecified atom stereocenters. The number of esters is 1. The fraction of sp³-hybridized carbons (Fsp3) is 0.125. The molecule has 124 valence electrons. The van der Waals surface area contributed by atoms with Crippen molar-refractivity contribution in [3.8, 4) is 0 Å². The van der Waals surface area contributed by atoms with Crippen LogP contribution in [0.4, 0.5) is 5.88 Å². The molecule has 8 nitrogen and oxygen atoms in total. The van der Waals surface area contributed by atoms with Gasteiger partial charge in [0.15, 0.2) is 0 Å². The van der Waals surface area contributed by atoms with Crippen molar-refractivity contribution in [2.24, 2.45) is 0 Å². The smallest absolute Gasteiger partial charge is 0.433 e.